The van der Waals surface area contributed by atoms with E-state index in [1.165, 1.54) is 0 Å². The Hall–Kier alpha value is -2.30. The number of hydrogen-bond donors (Lipinski definition) is 1. The summed E-state index contributed by atoms with van der Waals surface area (Å²) in [5.74, 6) is 0.515. The summed E-state index contributed by atoms with van der Waals surface area (Å²) in [7, 11) is 0. The second-order valence-corrected chi connectivity index (χ2v) is 4.02. The van der Waals surface area contributed by atoms with Gasteiger partial charge in [0.05, 0.1) is 5.71 Å². The zero-order valence-electron chi connectivity index (χ0n) is 10.7. The molecular formula is C13H15N5. The van der Waals surface area contributed by atoms with Crippen LogP contribution in [-0.2, 0) is 0 Å². The molecule has 0 bridgehead atoms. The molecule has 0 aromatic carbocycles. The topological polar surface area (TPSA) is 63.1 Å². The fourth-order valence-electron chi connectivity index (χ4n) is 1.57. The van der Waals surface area contributed by atoms with Crippen molar-refractivity contribution in [3.05, 3.63) is 47.5 Å². The highest BCUT2D eigenvalue weighted by molar-refractivity contribution is 5.98. The maximum Gasteiger partial charge on any atom is 0.243 e. The van der Waals surface area contributed by atoms with Gasteiger partial charge in [0, 0.05) is 29.3 Å². The first-order valence-corrected chi connectivity index (χ1v) is 5.68. The van der Waals surface area contributed by atoms with E-state index >= 15 is 0 Å². The van der Waals surface area contributed by atoms with Gasteiger partial charge in [-0.25, -0.2) is 15.4 Å². The number of anilines is 1. The monoisotopic (exact) mass is 241 g/mol. The van der Waals surface area contributed by atoms with Gasteiger partial charge in [-0.2, -0.15) is 5.10 Å². The van der Waals surface area contributed by atoms with Crippen molar-refractivity contribution < 1.29 is 0 Å². The summed E-state index contributed by atoms with van der Waals surface area (Å²) >= 11 is 0. The number of nitrogens with one attached hydrogen (secondary N) is 1. The number of hydrazone groups is 1. The molecule has 5 heteroatoms. The summed E-state index contributed by atoms with van der Waals surface area (Å²) < 4.78 is 0. The Bertz CT molecular complexity index is 543. The van der Waals surface area contributed by atoms with Crippen molar-refractivity contribution in [2.24, 2.45) is 5.10 Å². The van der Waals surface area contributed by atoms with Crippen molar-refractivity contribution in [3.63, 3.8) is 0 Å². The Balaban J connectivity index is 2.15. The highest BCUT2D eigenvalue weighted by Crippen LogP contribution is 2.05. The number of aromatic nitrogens is 3. The molecule has 0 spiro atoms. The maximum absolute atomic E-state index is 4.26. The van der Waals surface area contributed by atoms with E-state index in [0.29, 0.717) is 5.95 Å². The molecule has 0 unspecified atom stereocenters. The van der Waals surface area contributed by atoms with Gasteiger partial charge in [0.2, 0.25) is 5.95 Å². The zero-order chi connectivity index (χ0) is 13.0. The van der Waals surface area contributed by atoms with E-state index in [1.54, 1.807) is 12.4 Å². The van der Waals surface area contributed by atoms with Crippen molar-refractivity contribution in [1.82, 2.24) is 15.0 Å². The first-order valence-electron chi connectivity index (χ1n) is 5.68. The molecule has 0 fully saturated rings. The summed E-state index contributed by atoms with van der Waals surface area (Å²) in [5.41, 5.74) is 6.58. The summed E-state index contributed by atoms with van der Waals surface area (Å²) in [6.07, 6.45) is 3.48. The normalized spacial score (nSPS) is 11.4. The summed E-state index contributed by atoms with van der Waals surface area (Å²) in [5, 5.41) is 4.26. The predicted molar refractivity (Wildman–Crippen MR) is 71.6 cm³/mol. The smallest absolute Gasteiger partial charge is 0.243 e. The van der Waals surface area contributed by atoms with Crippen LogP contribution in [0.5, 0.6) is 0 Å². The zero-order valence-corrected chi connectivity index (χ0v) is 10.7. The van der Waals surface area contributed by atoms with Gasteiger partial charge in [0.1, 0.15) is 0 Å². The van der Waals surface area contributed by atoms with E-state index in [9.17, 15) is 0 Å². The van der Waals surface area contributed by atoms with Crippen LogP contribution >= 0.6 is 0 Å². The second-order valence-electron chi connectivity index (χ2n) is 4.02. The van der Waals surface area contributed by atoms with Crippen LogP contribution < -0.4 is 5.43 Å². The van der Waals surface area contributed by atoms with Gasteiger partial charge >= 0.3 is 0 Å². The van der Waals surface area contributed by atoms with Crippen LogP contribution in [0.25, 0.3) is 0 Å². The number of rotatable bonds is 3. The predicted octanol–water partition coefficient (Wildman–Crippen LogP) is 2.32. The van der Waals surface area contributed by atoms with Crippen molar-refractivity contribution >= 4 is 11.7 Å². The minimum Gasteiger partial charge on any atom is -0.265 e. The summed E-state index contributed by atoms with van der Waals surface area (Å²) in [6, 6.07) is 5.73. The van der Waals surface area contributed by atoms with Gasteiger partial charge in [-0.15, -0.1) is 0 Å². The summed E-state index contributed by atoms with van der Waals surface area (Å²) in [4.78, 5) is 12.5. The van der Waals surface area contributed by atoms with Crippen molar-refractivity contribution in [1.29, 1.82) is 0 Å². The van der Waals surface area contributed by atoms with Gasteiger partial charge in [0.25, 0.3) is 0 Å². The molecule has 0 atom stereocenters. The lowest BCUT2D eigenvalue weighted by molar-refractivity contribution is 1.03. The fraction of sp³-hybridized carbons (Fsp3) is 0.231. The average molecular weight is 241 g/mol. The van der Waals surface area contributed by atoms with Crippen molar-refractivity contribution in [2.45, 2.75) is 20.8 Å². The molecule has 0 aliphatic carbocycles. The Kier molecular flexibility index (Phi) is 3.62. The lowest BCUT2D eigenvalue weighted by Gasteiger charge is -2.03. The molecule has 2 aromatic heterocycles. The van der Waals surface area contributed by atoms with Crippen molar-refractivity contribution in [2.75, 3.05) is 5.43 Å². The Morgan fingerprint density at radius 1 is 1.11 bits per heavy atom. The fourth-order valence-corrected chi connectivity index (χ4v) is 1.57. The van der Waals surface area contributed by atoms with E-state index in [2.05, 4.69) is 25.5 Å². The molecule has 1 N–H and O–H groups in total. The van der Waals surface area contributed by atoms with Crippen LogP contribution in [0.3, 0.4) is 0 Å². The van der Waals surface area contributed by atoms with Gasteiger partial charge in [-0.1, -0.05) is 0 Å². The first-order chi connectivity index (χ1) is 8.65. The van der Waals surface area contributed by atoms with E-state index in [0.717, 1.165) is 22.7 Å². The molecule has 2 heterocycles. The molecule has 92 valence electrons. The number of hydrogen-bond acceptors (Lipinski definition) is 5. The summed E-state index contributed by atoms with van der Waals surface area (Å²) in [6.45, 7) is 5.78. The average Bonchev–Trinajstić information content (AvgIpc) is 2.36. The third-order valence-corrected chi connectivity index (χ3v) is 2.40. The Labute approximate surface area is 106 Å². The van der Waals surface area contributed by atoms with E-state index in [-0.39, 0.29) is 0 Å². The van der Waals surface area contributed by atoms with Gasteiger partial charge in [-0.05, 0) is 39.0 Å². The highest BCUT2D eigenvalue weighted by atomic mass is 15.4. The number of aryl methyl sites for hydroxylation is 2. The molecular weight excluding hydrogens is 226 g/mol. The van der Waals surface area contributed by atoms with Gasteiger partial charge < -0.3 is 0 Å². The molecule has 0 radical (unpaired) electrons. The van der Waals surface area contributed by atoms with Crippen molar-refractivity contribution in [3.8, 4) is 0 Å². The molecule has 18 heavy (non-hydrogen) atoms. The van der Waals surface area contributed by atoms with E-state index < -0.39 is 0 Å². The van der Waals surface area contributed by atoms with Crippen LogP contribution in [0.15, 0.2) is 35.7 Å². The molecule has 0 saturated carbocycles. The van der Waals surface area contributed by atoms with Gasteiger partial charge in [0.15, 0.2) is 0 Å². The van der Waals surface area contributed by atoms with E-state index in [4.69, 9.17) is 0 Å². The third-order valence-electron chi connectivity index (χ3n) is 2.40. The number of nitrogens with zero attached hydrogens (tertiary/aromatic N) is 4. The Morgan fingerprint density at radius 3 is 2.33 bits per heavy atom. The lowest BCUT2D eigenvalue weighted by Crippen LogP contribution is -2.03. The first kappa shape index (κ1) is 12.2. The van der Waals surface area contributed by atoms with Gasteiger partial charge in [-0.3, -0.25) is 4.98 Å². The minimum atomic E-state index is 0.515. The minimum absolute atomic E-state index is 0.515. The van der Waals surface area contributed by atoms with Crippen LogP contribution in [0.4, 0.5) is 5.95 Å². The third kappa shape index (κ3) is 3.10. The molecule has 5 nitrogen and oxygen atoms in total. The molecule has 0 aliphatic rings. The quantitative estimate of drug-likeness (QED) is 0.661. The second kappa shape index (κ2) is 5.35. The van der Waals surface area contributed by atoms with Crippen LogP contribution in [0.2, 0.25) is 0 Å². The van der Waals surface area contributed by atoms with Crippen LogP contribution in [-0.4, -0.2) is 20.7 Å². The molecule has 0 aliphatic heterocycles. The molecule has 2 aromatic rings. The standard InChI is InChI=1S/C13H15N5/c1-9-8-10(2)16-13(15-9)18-17-11(3)12-4-6-14-7-5-12/h4-8H,1-3H3,(H,15,16,18)/b17-11-. The largest absolute Gasteiger partial charge is 0.265 e. The molecule has 0 amide bonds. The SMILES string of the molecule is C/C(=N/Nc1nc(C)cc(C)n1)c1ccncc1. The van der Waals surface area contributed by atoms with E-state index in [1.807, 2.05) is 39.0 Å². The lowest BCUT2D eigenvalue weighted by atomic mass is 10.2. The Morgan fingerprint density at radius 2 is 1.72 bits per heavy atom. The molecule has 2 rings (SSSR count). The maximum atomic E-state index is 4.26. The van der Waals surface area contributed by atoms with Crippen LogP contribution in [0.1, 0.15) is 23.9 Å². The molecule has 0 saturated heterocycles. The number of pyridine rings is 1. The van der Waals surface area contributed by atoms with Crippen LogP contribution in [0, 0.1) is 13.8 Å². The highest BCUT2D eigenvalue weighted by Gasteiger charge is 1.99.